The maximum atomic E-state index is 13.4. The standard InChI is InChI=1S/C13H15FN2O.ClH/c1-16-11-3-2-9(14)8-10(11)13(12(16)17)4-6-15-7-5-13;/h2-3,8,15H,4-7H2,1H3;1H. The maximum Gasteiger partial charge on any atom is 0.237 e. The summed E-state index contributed by atoms with van der Waals surface area (Å²) in [5.74, 6) is -0.149. The first kappa shape index (κ1) is 13.3. The van der Waals surface area contributed by atoms with Gasteiger partial charge in [-0.15, -0.1) is 12.4 Å². The number of nitrogens with one attached hydrogen (secondary N) is 1. The fourth-order valence-electron chi connectivity index (χ4n) is 3.07. The van der Waals surface area contributed by atoms with Crippen molar-refractivity contribution in [3.05, 3.63) is 29.6 Å². The minimum Gasteiger partial charge on any atom is -0.317 e. The molecule has 0 unspecified atom stereocenters. The quantitative estimate of drug-likeness (QED) is 0.780. The Kier molecular flexibility index (Phi) is 3.34. The SMILES string of the molecule is CN1C(=O)C2(CCNCC2)c2cc(F)ccc21.Cl. The molecule has 98 valence electrons. The Labute approximate surface area is 112 Å². The summed E-state index contributed by atoms with van der Waals surface area (Å²) in [7, 11) is 1.77. The molecule has 1 fully saturated rings. The molecule has 2 aliphatic rings. The highest BCUT2D eigenvalue weighted by Gasteiger charge is 2.49. The van der Waals surface area contributed by atoms with Gasteiger partial charge in [0.2, 0.25) is 5.91 Å². The van der Waals surface area contributed by atoms with Crippen molar-refractivity contribution < 1.29 is 9.18 Å². The molecular weight excluding hydrogens is 255 g/mol. The van der Waals surface area contributed by atoms with E-state index >= 15 is 0 Å². The summed E-state index contributed by atoms with van der Waals surface area (Å²) in [6.07, 6.45) is 1.51. The fraction of sp³-hybridized carbons (Fsp3) is 0.462. The monoisotopic (exact) mass is 270 g/mol. The van der Waals surface area contributed by atoms with Crippen LogP contribution in [0.1, 0.15) is 18.4 Å². The summed E-state index contributed by atoms with van der Waals surface area (Å²) >= 11 is 0. The molecule has 0 radical (unpaired) electrons. The third kappa shape index (κ3) is 1.63. The summed E-state index contributed by atoms with van der Waals surface area (Å²) < 4.78 is 13.4. The van der Waals surface area contributed by atoms with Crippen molar-refractivity contribution in [1.29, 1.82) is 0 Å². The predicted molar refractivity (Wildman–Crippen MR) is 70.8 cm³/mol. The van der Waals surface area contributed by atoms with Crippen molar-refractivity contribution in [3.8, 4) is 0 Å². The van der Waals surface area contributed by atoms with Crippen molar-refractivity contribution in [3.63, 3.8) is 0 Å². The number of benzene rings is 1. The molecule has 1 spiro atoms. The molecule has 0 saturated carbocycles. The minimum atomic E-state index is -0.489. The normalized spacial score (nSPS) is 20.8. The minimum absolute atomic E-state index is 0. The van der Waals surface area contributed by atoms with Crippen molar-refractivity contribution in [2.75, 3.05) is 25.0 Å². The zero-order valence-corrected chi connectivity index (χ0v) is 11.0. The van der Waals surface area contributed by atoms with E-state index in [9.17, 15) is 9.18 Å². The average molecular weight is 271 g/mol. The highest BCUT2D eigenvalue weighted by Crippen LogP contribution is 2.46. The van der Waals surface area contributed by atoms with Crippen LogP contribution in [0.25, 0.3) is 0 Å². The summed E-state index contributed by atoms with van der Waals surface area (Å²) in [5.41, 5.74) is 1.24. The lowest BCUT2D eigenvalue weighted by atomic mass is 9.74. The van der Waals surface area contributed by atoms with Crippen molar-refractivity contribution in [1.82, 2.24) is 5.32 Å². The van der Waals surface area contributed by atoms with Crippen LogP contribution in [0.15, 0.2) is 18.2 Å². The molecule has 18 heavy (non-hydrogen) atoms. The van der Waals surface area contributed by atoms with E-state index in [2.05, 4.69) is 5.32 Å². The van der Waals surface area contributed by atoms with Gasteiger partial charge >= 0.3 is 0 Å². The van der Waals surface area contributed by atoms with Gasteiger partial charge in [0.25, 0.3) is 0 Å². The Hall–Kier alpha value is -1.13. The van der Waals surface area contributed by atoms with Gasteiger partial charge < -0.3 is 10.2 Å². The van der Waals surface area contributed by atoms with Gasteiger partial charge in [0, 0.05) is 12.7 Å². The smallest absolute Gasteiger partial charge is 0.237 e. The molecule has 2 aliphatic heterocycles. The van der Waals surface area contributed by atoms with E-state index in [1.54, 1.807) is 18.0 Å². The molecule has 1 amide bonds. The van der Waals surface area contributed by atoms with Crippen LogP contribution < -0.4 is 10.2 Å². The lowest BCUT2D eigenvalue weighted by Gasteiger charge is -2.32. The number of nitrogens with zero attached hydrogens (tertiary/aromatic N) is 1. The van der Waals surface area contributed by atoms with Gasteiger partial charge in [0.15, 0.2) is 0 Å². The maximum absolute atomic E-state index is 13.4. The summed E-state index contributed by atoms with van der Waals surface area (Å²) in [5, 5.41) is 3.25. The molecule has 5 heteroatoms. The van der Waals surface area contributed by atoms with Gasteiger partial charge in [-0.1, -0.05) is 0 Å². The number of carbonyl (C=O) groups excluding carboxylic acids is 1. The molecule has 0 aromatic heterocycles. The number of likely N-dealkylation sites (N-methyl/N-ethyl adjacent to an activating group) is 1. The first-order valence-electron chi connectivity index (χ1n) is 5.94. The average Bonchev–Trinajstić information content (AvgIpc) is 2.54. The molecular formula is C13H16ClFN2O. The number of carbonyl (C=O) groups is 1. The van der Waals surface area contributed by atoms with Crippen molar-refractivity contribution >= 4 is 24.0 Å². The van der Waals surface area contributed by atoms with Gasteiger partial charge in [-0.2, -0.15) is 0 Å². The molecule has 1 aromatic rings. The molecule has 1 saturated heterocycles. The van der Waals surface area contributed by atoms with Crippen LogP contribution in [0.4, 0.5) is 10.1 Å². The highest BCUT2D eigenvalue weighted by molar-refractivity contribution is 6.07. The fourth-order valence-corrected chi connectivity index (χ4v) is 3.07. The molecule has 0 bridgehead atoms. The third-order valence-electron chi connectivity index (χ3n) is 4.01. The number of halogens is 2. The second kappa shape index (κ2) is 4.52. The summed E-state index contributed by atoms with van der Waals surface area (Å²) in [6, 6.07) is 4.66. The lowest BCUT2D eigenvalue weighted by Crippen LogP contribution is -2.46. The van der Waals surface area contributed by atoms with E-state index in [0.717, 1.165) is 37.2 Å². The molecule has 0 aliphatic carbocycles. The zero-order chi connectivity index (χ0) is 12.0. The lowest BCUT2D eigenvalue weighted by molar-refractivity contribution is -0.123. The van der Waals surface area contributed by atoms with Crippen molar-refractivity contribution in [2.24, 2.45) is 0 Å². The predicted octanol–water partition coefficient (Wildman–Crippen LogP) is 1.85. The number of piperidine rings is 1. The molecule has 3 rings (SSSR count). The zero-order valence-electron chi connectivity index (χ0n) is 10.2. The Morgan fingerprint density at radius 3 is 2.67 bits per heavy atom. The highest BCUT2D eigenvalue weighted by atomic mass is 35.5. The third-order valence-corrected chi connectivity index (χ3v) is 4.01. The van der Waals surface area contributed by atoms with Gasteiger partial charge in [-0.3, -0.25) is 4.79 Å². The van der Waals surface area contributed by atoms with Crippen LogP contribution in [0.2, 0.25) is 0 Å². The Bertz CT molecular complexity index is 486. The summed E-state index contributed by atoms with van der Waals surface area (Å²) in [6.45, 7) is 1.63. The van der Waals surface area contributed by atoms with Gasteiger partial charge in [0.1, 0.15) is 5.82 Å². The Balaban J connectivity index is 0.00000120. The van der Waals surface area contributed by atoms with Crippen LogP contribution in [0, 0.1) is 5.82 Å². The molecule has 1 aromatic carbocycles. The van der Waals surface area contributed by atoms with E-state index in [1.165, 1.54) is 12.1 Å². The number of anilines is 1. The largest absolute Gasteiger partial charge is 0.317 e. The van der Waals surface area contributed by atoms with E-state index in [-0.39, 0.29) is 24.1 Å². The first-order chi connectivity index (χ1) is 8.15. The second-order valence-electron chi connectivity index (χ2n) is 4.86. The number of rotatable bonds is 0. The van der Waals surface area contributed by atoms with E-state index in [0.29, 0.717) is 0 Å². The molecule has 0 atom stereocenters. The van der Waals surface area contributed by atoms with Crippen LogP contribution in [-0.2, 0) is 10.2 Å². The van der Waals surface area contributed by atoms with Crippen LogP contribution in [0.5, 0.6) is 0 Å². The molecule has 3 nitrogen and oxygen atoms in total. The van der Waals surface area contributed by atoms with E-state index < -0.39 is 5.41 Å². The molecule has 2 heterocycles. The van der Waals surface area contributed by atoms with E-state index in [4.69, 9.17) is 0 Å². The van der Waals surface area contributed by atoms with Gasteiger partial charge in [0.05, 0.1) is 5.41 Å². The van der Waals surface area contributed by atoms with Gasteiger partial charge in [-0.25, -0.2) is 4.39 Å². The van der Waals surface area contributed by atoms with Crippen LogP contribution in [0.3, 0.4) is 0 Å². The Morgan fingerprint density at radius 2 is 2.00 bits per heavy atom. The van der Waals surface area contributed by atoms with Crippen molar-refractivity contribution in [2.45, 2.75) is 18.3 Å². The number of hydrogen-bond acceptors (Lipinski definition) is 2. The van der Waals surface area contributed by atoms with Crippen LogP contribution >= 0.6 is 12.4 Å². The first-order valence-corrected chi connectivity index (χ1v) is 5.94. The second-order valence-corrected chi connectivity index (χ2v) is 4.86. The van der Waals surface area contributed by atoms with E-state index in [1.807, 2.05) is 0 Å². The van der Waals surface area contributed by atoms with Crippen LogP contribution in [-0.4, -0.2) is 26.0 Å². The van der Waals surface area contributed by atoms with Gasteiger partial charge in [-0.05, 0) is 49.7 Å². The number of hydrogen-bond donors (Lipinski definition) is 1. The number of fused-ring (bicyclic) bond motifs is 2. The topological polar surface area (TPSA) is 32.3 Å². The Morgan fingerprint density at radius 1 is 1.33 bits per heavy atom. The molecule has 1 N–H and O–H groups in total. The number of amides is 1. The summed E-state index contributed by atoms with van der Waals surface area (Å²) in [4.78, 5) is 14.1.